The van der Waals surface area contributed by atoms with Crippen LogP contribution in [0.15, 0.2) is 54.9 Å². The minimum atomic E-state index is -0.248. The molecule has 1 saturated carbocycles. The molecular formula is C26H26FN5. The molecule has 2 aliphatic rings. The highest BCUT2D eigenvalue weighted by molar-refractivity contribution is 5.80. The fourth-order valence-corrected chi connectivity index (χ4v) is 4.75. The van der Waals surface area contributed by atoms with Crippen molar-refractivity contribution in [2.75, 3.05) is 20.1 Å². The monoisotopic (exact) mass is 427 g/mol. The van der Waals surface area contributed by atoms with E-state index in [1.54, 1.807) is 12.1 Å². The molecule has 0 spiro atoms. The summed E-state index contributed by atoms with van der Waals surface area (Å²) in [6.07, 6.45) is 8.61. The summed E-state index contributed by atoms with van der Waals surface area (Å²) in [5.74, 6) is 1.69. The molecule has 6 heteroatoms. The zero-order valence-corrected chi connectivity index (χ0v) is 18.2. The molecule has 6 rings (SSSR count). The first-order valence-electron chi connectivity index (χ1n) is 11.5. The molecule has 4 aromatic rings. The van der Waals surface area contributed by atoms with E-state index in [2.05, 4.69) is 39.7 Å². The fourth-order valence-electron chi connectivity index (χ4n) is 4.75. The number of aromatic nitrogens is 4. The lowest BCUT2D eigenvalue weighted by Gasteiger charge is -2.29. The minimum absolute atomic E-state index is 0.248. The van der Waals surface area contributed by atoms with Crippen molar-refractivity contribution >= 4 is 5.65 Å². The Morgan fingerprint density at radius 1 is 0.906 bits per heavy atom. The van der Waals surface area contributed by atoms with Gasteiger partial charge in [0, 0.05) is 23.9 Å². The minimum Gasteiger partial charge on any atom is -0.306 e. The maximum atomic E-state index is 13.6. The first kappa shape index (κ1) is 19.6. The third-order valence-electron chi connectivity index (χ3n) is 6.82. The van der Waals surface area contributed by atoms with Crippen molar-refractivity contribution < 1.29 is 4.39 Å². The van der Waals surface area contributed by atoms with Gasteiger partial charge >= 0.3 is 0 Å². The summed E-state index contributed by atoms with van der Waals surface area (Å²) in [7, 11) is 2.19. The lowest BCUT2D eigenvalue weighted by molar-refractivity contribution is 0.255. The Kier molecular flexibility index (Phi) is 4.76. The van der Waals surface area contributed by atoms with Crippen molar-refractivity contribution in [1.29, 1.82) is 0 Å². The van der Waals surface area contributed by atoms with Gasteiger partial charge in [0.1, 0.15) is 17.3 Å². The van der Waals surface area contributed by atoms with Crippen molar-refractivity contribution in [1.82, 2.24) is 24.3 Å². The highest BCUT2D eigenvalue weighted by atomic mass is 19.1. The van der Waals surface area contributed by atoms with Crippen LogP contribution in [0.3, 0.4) is 0 Å². The van der Waals surface area contributed by atoms with Crippen molar-refractivity contribution in [2.24, 2.45) is 0 Å². The number of rotatable bonds is 4. The van der Waals surface area contributed by atoms with Crippen molar-refractivity contribution in [3.05, 3.63) is 72.1 Å². The number of fused-ring (bicyclic) bond motifs is 1. The quantitative estimate of drug-likeness (QED) is 0.444. The SMILES string of the molecule is CN1CCC(c2ccn3c(-c4ccnc(C5CC5)n4)c(-c4ccc(F)cc4)nc3c2)CC1. The number of hydrogen-bond acceptors (Lipinski definition) is 4. The largest absolute Gasteiger partial charge is 0.306 e. The van der Waals surface area contributed by atoms with E-state index < -0.39 is 0 Å². The molecule has 0 unspecified atom stereocenters. The van der Waals surface area contributed by atoms with Gasteiger partial charge in [-0.05, 0) is 99.8 Å². The number of nitrogens with zero attached hydrogens (tertiary/aromatic N) is 5. The average Bonchev–Trinajstić information content (AvgIpc) is 3.60. The van der Waals surface area contributed by atoms with Gasteiger partial charge in [-0.15, -0.1) is 0 Å². The van der Waals surface area contributed by atoms with Crippen LogP contribution < -0.4 is 0 Å². The van der Waals surface area contributed by atoms with Crippen LogP contribution >= 0.6 is 0 Å². The second kappa shape index (κ2) is 7.78. The van der Waals surface area contributed by atoms with Gasteiger partial charge in [-0.1, -0.05) is 0 Å². The lowest BCUT2D eigenvalue weighted by atomic mass is 9.90. The molecule has 0 N–H and O–H groups in total. The van der Waals surface area contributed by atoms with Crippen LogP contribution in [0.2, 0.25) is 0 Å². The Bertz CT molecular complexity index is 1270. The zero-order valence-electron chi connectivity index (χ0n) is 18.2. The summed E-state index contributed by atoms with van der Waals surface area (Å²) in [5.41, 5.74) is 5.76. The second-order valence-electron chi connectivity index (χ2n) is 9.16. The molecule has 1 aromatic carbocycles. The third kappa shape index (κ3) is 3.58. The molecule has 0 radical (unpaired) electrons. The normalized spacial score (nSPS) is 17.8. The molecule has 5 nitrogen and oxygen atoms in total. The van der Waals surface area contributed by atoms with Crippen LogP contribution in [0.25, 0.3) is 28.3 Å². The Labute approximate surface area is 187 Å². The number of hydrogen-bond donors (Lipinski definition) is 0. The van der Waals surface area contributed by atoms with Crippen LogP contribution in [0.5, 0.6) is 0 Å². The van der Waals surface area contributed by atoms with Crippen LogP contribution in [0.4, 0.5) is 4.39 Å². The summed E-state index contributed by atoms with van der Waals surface area (Å²) in [5, 5.41) is 0. The van der Waals surface area contributed by atoms with Crippen LogP contribution in [0.1, 0.15) is 48.9 Å². The predicted molar refractivity (Wildman–Crippen MR) is 123 cm³/mol. The highest BCUT2D eigenvalue weighted by Crippen LogP contribution is 2.39. The summed E-state index contributed by atoms with van der Waals surface area (Å²) < 4.78 is 15.7. The van der Waals surface area contributed by atoms with E-state index in [1.165, 1.54) is 30.5 Å². The number of likely N-dealkylation sites (tertiary alicyclic amines) is 1. The van der Waals surface area contributed by atoms with E-state index in [0.29, 0.717) is 11.8 Å². The van der Waals surface area contributed by atoms with E-state index in [9.17, 15) is 4.39 Å². The van der Waals surface area contributed by atoms with Gasteiger partial charge in [0.05, 0.1) is 17.1 Å². The molecule has 32 heavy (non-hydrogen) atoms. The van der Waals surface area contributed by atoms with Crippen LogP contribution in [-0.4, -0.2) is 44.4 Å². The number of benzene rings is 1. The predicted octanol–water partition coefficient (Wildman–Crippen LogP) is 5.28. The van der Waals surface area contributed by atoms with Crippen LogP contribution in [0, 0.1) is 5.82 Å². The van der Waals surface area contributed by atoms with Crippen molar-refractivity contribution in [3.8, 4) is 22.6 Å². The first-order valence-corrected chi connectivity index (χ1v) is 11.5. The van der Waals surface area contributed by atoms with Gasteiger partial charge in [-0.3, -0.25) is 4.40 Å². The molecule has 4 heterocycles. The van der Waals surface area contributed by atoms with E-state index in [0.717, 1.165) is 60.0 Å². The smallest absolute Gasteiger partial charge is 0.138 e. The second-order valence-corrected chi connectivity index (χ2v) is 9.16. The number of pyridine rings is 1. The third-order valence-corrected chi connectivity index (χ3v) is 6.82. The molecule has 2 fully saturated rings. The molecule has 0 atom stereocenters. The maximum Gasteiger partial charge on any atom is 0.138 e. The average molecular weight is 428 g/mol. The van der Waals surface area contributed by atoms with E-state index in [-0.39, 0.29) is 5.82 Å². The molecule has 3 aromatic heterocycles. The Hall–Kier alpha value is -3.12. The van der Waals surface area contributed by atoms with E-state index >= 15 is 0 Å². The van der Waals surface area contributed by atoms with Crippen LogP contribution in [-0.2, 0) is 0 Å². The van der Waals surface area contributed by atoms with Gasteiger partial charge in [0.25, 0.3) is 0 Å². The fraction of sp³-hybridized carbons (Fsp3) is 0.346. The Morgan fingerprint density at radius 3 is 2.44 bits per heavy atom. The highest BCUT2D eigenvalue weighted by Gasteiger charge is 2.28. The molecule has 1 aliphatic heterocycles. The molecule has 0 bridgehead atoms. The van der Waals surface area contributed by atoms with Gasteiger partial charge in [-0.2, -0.15) is 0 Å². The summed E-state index contributed by atoms with van der Waals surface area (Å²) in [4.78, 5) is 16.8. The summed E-state index contributed by atoms with van der Waals surface area (Å²) >= 11 is 0. The van der Waals surface area contributed by atoms with E-state index in [1.807, 2.05) is 12.3 Å². The van der Waals surface area contributed by atoms with Gasteiger partial charge in [0.15, 0.2) is 0 Å². The zero-order chi connectivity index (χ0) is 21.7. The topological polar surface area (TPSA) is 46.3 Å². The molecule has 162 valence electrons. The van der Waals surface area contributed by atoms with Crippen molar-refractivity contribution in [2.45, 2.75) is 37.5 Å². The number of imidazole rings is 1. The lowest BCUT2D eigenvalue weighted by Crippen LogP contribution is -2.29. The van der Waals surface area contributed by atoms with E-state index in [4.69, 9.17) is 9.97 Å². The Morgan fingerprint density at radius 2 is 1.69 bits per heavy atom. The molecule has 0 amide bonds. The van der Waals surface area contributed by atoms with Gasteiger partial charge < -0.3 is 4.90 Å². The van der Waals surface area contributed by atoms with Gasteiger partial charge in [-0.25, -0.2) is 19.3 Å². The number of piperidine rings is 1. The van der Waals surface area contributed by atoms with Gasteiger partial charge in [0.2, 0.25) is 0 Å². The molecule has 1 aliphatic carbocycles. The first-order chi connectivity index (χ1) is 15.7. The summed E-state index contributed by atoms with van der Waals surface area (Å²) in [6.45, 7) is 2.25. The standard InChI is InChI=1S/C26H26FN5/c1-31-13-9-17(10-14-31)20-11-15-32-23(16-20)30-24(18-4-6-21(27)7-5-18)25(32)22-8-12-28-26(29-22)19-2-3-19/h4-8,11-12,15-17,19H,2-3,9-10,13-14H2,1H3. The maximum absolute atomic E-state index is 13.6. The Balaban J connectivity index is 1.49. The molecular weight excluding hydrogens is 401 g/mol. The molecule has 1 saturated heterocycles. The number of halogens is 1. The van der Waals surface area contributed by atoms with Crippen molar-refractivity contribution in [3.63, 3.8) is 0 Å². The summed E-state index contributed by atoms with van der Waals surface area (Å²) in [6, 6.07) is 13.0.